The molecule has 1 aliphatic rings. The average molecular weight is 446 g/mol. The number of rotatable bonds is 4. The molecule has 1 aliphatic heterocycles. The van der Waals surface area contributed by atoms with Crippen molar-refractivity contribution < 1.29 is 14.3 Å². The van der Waals surface area contributed by atoms with Crippen LogP contribution < -0.4 is 15.0 Å². The summed E-state index contributed by atoms with van der Waals surface area (Å²) in [7, 11) is 1.63. The molecule has 162 valence electrons. The van der Waals surface area contributed by atoms with E-state index in [4.69, 9.17) is 17.0 Å². The zero-order valence-corrected chi connectivity index (χ0v) is 19.1. The van der Waals surface area contributed by atoms with Gasteiger partial charge in [-0.25, -0.2) is 0 Å². The van der Waals surface area contributed by atoms with Gasteiger partial charge in [-0.3, -0.25) is 19.8 Å². The van der Waals surface area contributed by atoms with Gasteiger partial charge in [-0.15, -0.1) is 0 Å². The highest BCUT2D eigenvalue weighted by molar-refractivity contribution is 7.80. The fourth-order valence-corrected chi connectivity index (χ4v) is 4.18. The van der Waals surface area contributed by atoms with Crippen molar-refractivity contribution >= 4 is 40.9 Å². The lowest BCUT2D eigenvalue weighted by Crippen LogP contribution is -2.54. The van der Waals surface area contributed by atoms with E-state index in [2.05, 4.69) is 9.88 Å². The number of nitrogens with one attached hydrogen (secondary N) is 1. The molecule has 0 radical (unpaired) electrons. The number of carbonyl (C=O) groups excluding carboxylic acids is 2. The molecule has 0 spiro atoms. The average Bonchev–Trinajstić information content (AvgIpc) is 3.05. The van der Waals surface area contributed by atoms with Gasteiger partial charge < -0.3 is 9.30 Å². The first-order valence-electron chi connectivity index (χ1n) is 10.1. The molecule has 4 rings (SSSR count). The minimum atomic E-state index is -0.501. The summed E-state index contributed by atoms with van der Waals surface area (Å²) in [6.07, 6.45) is 1.63. The number of anilines is 1. The van der Waals surface area contributed by atoms with Crippen LogP contribution in [0.5, 0.6) is 5.75 Å². The molecule has 2 heterocycles. The Hall–Kier alpha value is -3.71. The number of thiocarbonyl (C=S) groups is 1. The Morgan fingerprint density at radius 3 is 2.34 bits per heavy atom. The molecule has 0 aliphatic carbocycles. The number of benzene rings is 2. The Kier molecular flexibility index (Phi) is 5.67. The lowest BCUT2D eigenvalue weighted by atomic mass is 10.1. The summed E-state index contributed by atoms with van der Waals surface area (Å²) in [5, 5.41) is 2.73. The molecule has 7 heteroatoms. The summed E-state index contributed by atoms with van der Waals surface area (Å²) in [4.78, 5) is 27.4. The normalized spacial score (nSPS) is 15.3. The van der Waals surface area contributed by atoms with Crippen LogP contribution >= 0.6 is 12.2 Å². The zero-order chi connectivity index (χ0) is 23.0. The third-order valence-electron chi connectivity index (χ3n) is 5.56. The first kappa shape index (κ1) is 21.5. The Morgan fingerprint density at radius 1 is 1.00 bits per heavy atom. The predicted molar refractivity (Wildman–Crippen MR) is 129 cm³/mol. The van der Waals surface area contributed by atoms with Gasteiger partial charge in [0.15, 0.2) is 5.11 Å². The Labute approximate surface area is 192 Å². The van der Waals surface area contributed by atoms with Crippen LogP contribution in [0.4, 0.5) is 5.69 Å². The van der Waals surface area contributed by atoms with Gasteiger partial charge in [0.25, 0.3) is 11.8 Å². The van der Waals surface area contributed by atoms with Crippen LogP contribution in [0.15, 0.2) is 60.2 Å². The van der Waals surface area contributed by atoms with Gasteiger partial charge >= 0.3 is 0 Å². The van der Waals surface area contributed by atoms with Gasteiger partial charge in [-0.2, -0.15) is 0 Å². The third kappa shape index (κ3) is 3.71. The van der Waals surface area contributed by atoms with Gasteiger partial charge in [0.2, 0.25) is 0 Å². The Morgan fingerprint density at radius 2 is 1.69 bits per heavy atom. The summed E-state index contributed by atoms with van der Waals surface area (Å²) in [5.41, 5.74) is 5.22. The maximum Gasteiger partial charge on any atom is 0.270 e. The molecule has 0 saturated carbocycles. The van der Waals surface area contributed by atoms with Crippen LogP contribution in [0.2, 0.25) is 0 Å². The first-order chi connectivity index (χ1) is 15.3. The van der Waals surface area contributed by atoms with Crippen molar-refractivity contribution in [3.05, 3.63) is 82.7 Å². The summed E-state index contributed by atoms with van der Waals surface area (Å²) in [6.45, 7) is 5.84. The number of hydrogen-bond acceptors (Lipinski definition) is 4. The third-order valence-corrected chi connectivity index (χ3v) is 5.84. The van der Waals surface area contributed by atoms with Crippen molar-refractivity contribution in [2.45, 2.75) is 20.8 Å². The van der Waals surface area contributed by atoms with Crippen molar-refractivity contribution in [3.8, 4) is 11.4 Å². The van der Waals surface area contributed by atoms with Crippen molar-refractivity contribution in [3.63, 3.8) is 0 Å². The summed E-state index contributed by atoms with van der Waals surface area (Å²) in [6, 6.07) is 17.1. The van der Waals surface area contributed by atoms with E-state index in [0.29, 0.717) is 5.69 Å². The first-order valence-corrected chi connectivity index (χ1v) is 10.5. The van der Waals surface area contributed by atoms with Gasteiger partial charge in [-0.05, 0) is 86.6 Å². The largest absolute Gasteiger partial charge is 0.497 e. The maximum atomic E-state index is 13.3. The number of carbonyl (C=O) groups is 2. The topological polar surface area (TPSA) is 63.6 Å². The van der Waals surface area contributed by atoms with Gasteiger partial charge in [0.1, 0.15) is 11.3 Å². The molecule has 0 atom stereocenters. The molecule has 0 bridgehead atoms. The Bertz CT molecular complexity index is 1270. The molecule has 1 fully saturated rings. The second kappa shape index (κ2) is 8.43. The number of para-hydroxylation sites is 1. The van der Waals surface area contributed by atoms with Crippen molar-refractivity contribution in [1.82, 2.24) is 9.88 Å². The minimum Gasteiger partial charge on any atom is -0.497 e. The molecule has 32 heavy (non-hydrogen) atoms. The lowest BCUT2D eigenvalue weighted by Gasteiger charge is -2.30. The van der Waals surface area contributed by atoms with Crippen LogP contribution in [-0.2, 0) is 9.59 Å². The number of aryl methyl sites for hydroxylation is 2. The maximum absolute atomic E-state index is 13.3. The van der Waals surface area contributed by atoms with E-state index in [-0.39, 0.29) is 10.7 Å². The Balaban J connectivity index is 1.76. The second-order valence-corrected chi connectivity index (χ2v) is 7.99. The molecule has 1 aromatic heterocycles. The van der Waals surface area contributed by atoms with E-state index in [1.807, 2.05) is 75.4 Å². The standard InChI is InChI=1S/C25H23N3O3S/c1-15-7-5-6-8-22(15)28-24(30)21(23(29)26-25(28)32)14-18-13-16(2)27(17(18)3)19-9-11-20(31-4)12-10-19/h5-14H,1-4H3,(H,26,29,32)/b21-14+. The van der Waals surface area contributed by atoms with E-state index in [9.17, 15) is 9.59 Å². The van der Waals surface area contributed by atoms with Crippen molar-refractivity contribution in [1.29, 1.82) is 0 Å². The molecule has 0 unspecified atom stereocenters. The summed E-state index contributed by atoms with van der Waals surface area (Å²) < 4.78 is 7.31. The van der Waals surface area contributed by atoms with E-state index in [1.165, 1.54) is 4.90 Å². The van der Waals surface area contributed by atoms with Crippen LogP contribution in [0, 0.1) is 20.8 Å². The van der Waals surface area contributed by atoms with Gasteiger partial charge in [0, 0.05) is 17.1 Å². The SMILES string of the molecule is COc1ccc(-n2c(C)cc(/C=C3\C(=O)NC(=S)N(c4ccccc4C)C3=O)c2C)cc1. The minimum absolute atomic E-state index is 0.0387. The molecular weight excluding hydrogens is 422 g/mol. The fourth-order valence-electron chi connectivity index (χ4n) is 3.91. The van der Waals surface area contributed by atoms with Crippen LogP contribution in [0.1, 0.15) is 22.5 Å². The quantitative estimate of drug-likeness (QED) is 0.371. The number of nitrogens with zero attached hydrogens (tertiary/aromatic N) is 2. The number of aromatic nitrogens is 1. The van der Waals surface area contributed by atoms with E-state index >= 15 is 0 Å². The van der Waals surface area contributed by atoms with Gasteiger partial charge in [-0.1, -0.05) is 18.2 Å². The van der Waals surface area contributed by atoms with Crippen LogP contribution in [0.25, 0.3) is 11.8 Å². The second-order valence-electron chi connectivity index (χ2n) is 7.60. The molecule has 1 N–H and O–H groups in total. The number of methoxy groups -OCH3 is 1. The van der Waals surface area contributed by atoms with Crippen LogP contribution in [0.3, 0.4) is 0 Å². The molecule has 2 amide bonds. The highest BCUT2D eigenvalue weighted by atomic mass is 32.1. The smallest absolute Gasteiger partial charge is 0.270 e. The highest BCUT2D eigenvalue weighted by Crippen LogP contribution is 2.28. The van der Waals surface area contributed by atoms with Gasteiger partial charge in [0.05, 0.1) is 12.8 Å². The van der Waals surface area contributed by atoms with Crippen molar-refractivity contribution in [2.24, 2.45) is 0 Å². The fraction of sp³-hybridized carbons (Fsp3) is 0.160. The van der Waals surface area contributed by atoms with Crippen LogP contribution in [-0.4, -0.2) is 28.6 Å². The number of amides is 2. The zero-order valence-electron chi connectivity index (χ0n) is 18.3. The molecule has 2 aromatic carbocycles. The van der Waals surface area contributed by atoms with Crippen molar-refractivity contribution in [2.75, 3.05) is 12.0 Å². The lowest BCUT2D eigenvalue weighted by molar-refractivity contribution is -0.122. The number of ether oxygens (including phenoxy) is 1. The number of hydrogen-bond donors (Lipinski definition) is 1. The van der Waals surface area contributed by atoms with E-state index in [0.717, 1.165) is 34.0 Å². The molecular formula is C25H23N3O3S. The highest BCUT2D eigenvalue weighted by Gasteiger charge is 2.35. The van der Waals surface area contributed by atoms with E-state index in [1.54, 1.807) is 13.2 Å². The summed E-state index contributed by atoms with van der Waals surface area (Å²) >= 11 is 5.31. The molecule has 1 saturated heterocycles. The predicted octanol–water partition coefficient (Wildman–Crippen LogP) is 4.24. The monoisotopic (exact) mass is 445 g/mol. The molecule has 6 nitrogen and oxygen atoms in total. The summed E-state index contributed by atoms with van der Waals surface area (Å²) in [5.74, 6) is -0.170. The van der Waals surface area contributed by atoms with E-state index < -0.39 is 11.8 Å². The molecule has 3 aromatic rings.